The van der Waals surface area contributed by atoms with Gasteiger partial charge in [-0.2, -0.15) is 0 Å². The summed E-state index contributed by atoms with van der Waals surface area (Å²) in [6.45, 7) is 10.2. The Bertz CT molecular complexity index is 300. The van der Waals surface area contributed by atoms with Crippen LogP contribution in [0.1, 0.15) is 47.5 Å². The van der Waals surface area contributed by atoms with E-state index in [-0.39, 0.29) is 11.5 Å². The molecule has 0 spiro atoms. The Kier molecular flexibility index (Phi) is 3.61. The first-order valence-electron chi connectivity index (χ1n) is 5.61. The van der Waals surface area contributed by atoms with E-state index in [1.807, 2.05) is 34.6 Å². The van der Waals surface area contributed by atoms with E-state index < -0.39 is 5.60 Å². The van der Waals surface area contributed by atoms with Gasteiger partial charge in [0.2, 0.25) is 0 Å². The number of esters is 1. The summed E-state index contributed by atoms with van der Waals surface area (Å²) in [4.78, 5) is 15.8. The van der Waals surface area contributed by atoms with E-state index in [1.165, 1.54) is 0 Å². The zero-order chi connectivity index (χ0) is 12.4. The second kappa shape index (κ2) is 4.44. The third-order valence-electron chi connectivity index (χ3n) is 1.98. The molecule has 0 aromatic carbocycles. The van der Waals surface area contributed by atoms with Crippen molar-refractivity contribution in [2.24, 2.45) is 4.99 Å². The SMILES string of the molecule is CC1(C)COC(CCC(=O)OC(C)(C)C)=N1. The number of hydrogen-bond acceptors (Lipinski definition) is 4. The molecule has 0 saturated heterocycles. The average Bonchev–Trinajstić information content (AvgIpc) is 2.39. The Morgan fingerprint density at radius 2 is 2.12 bits per heavy atom. The van der Waals surface area contributed by atoms with Crippen LogP contribution in [0.15, 0.2) is 4.99 Å². The molecule has 16 heavy (non-hydrogen) atoms. The summed E-state index contributed by atoms with van der Waals surface area (Å²) in [5.74, 6) is 0.458. The lowest BCUT2D eigenvalue weighted by molar-refractivity contribution is -0.154. The van der Waals surface area contributed by atoms with Crippen molar-refractivity contribution in [2.75, 3.05) is 6.61 Å². The molecule has 0 fully saturated rings. The predicted molar refractivity (Wildman–Crippen MR) is 62.5 cm³/mol. The molecule has 0 amide bonds. The Morgan fingerprint density at radius 1 is 1.50 bits per heavy atom. The standard InChI is InChI=1S/C12H21NO3/c1-11(2,3)16-10(14)7-6-9-13-12(4,5)8-15-9/h6-8H2,1-5H3. The minimum atomic E-state index is -0.422. The minimum Gasteiger partial charge on any atom is -0.478 e. The van der Waals surface area contributed by atoms with Crippen LogP contribution in [0.4, 0.5) is 0 Å². The Morgan fingerprint density at radius 3 is 2.56 bits per heavy atom. The van der Waals surface area contributed by atoms with E-state index in [1.54, 1.807) is 0 Å². The molecular weight excluding hydrogens is 206 g/mol. The fourth-order valence-electron chi connectivity index (χ4n) is 1.39. The number of ether oxygens (including phenoxy) is 2. The molecule has 92 valence electrons. The van der Waals surface area contributed by atoms with Gasteiger partial charge in [-0.1, -0.05) is 0 Å². The topological polar surface area (TPSA) is 47.9 Å². The average molecular weight is 227 g/mol. The summed E-state index contributed by atoms with van der Waals surface area (Å²) >= 11 is 0. The maximum atomic E-state index is 11.4. The molecule has 4 nitrogen and oxygen atoms in total. The first kappa shape index (κ1) is 13.0. The van der Waals surface area contributed by atoms with Crippen LogP contribution < -0.4 is 0 Å². The zero-order valence-electron chi connectivity index (χ0n) is 10.8. The zero-order valence-corrected chi connectivity index (χ0v) is 10.8. The van der Waals surface area contributed by atoms with E-state index in [0.29, 0.717) is 25.3 Å². The number of carbonyl (C=O) groups excluding carboxylic acids is 1. The number of carbonyl (C=O) groups is 1. The van der Waals surface area contributed by atoms with Crippen molar-refractivity contribution < 1.29 is 14.3 Å². The highest BCUT2D eigenvalue weighted by atomic mass is 16.6. The first-order valence-corrected chi connectivity index (χ1v) is 5.61. The maximum Gasteiger partial charge on any atom is 0.306 e. The summed E-state index contributed by atoms with van der Waals surface area (Å²) in [7, 11) is 0. The number of hydrogen-bond donors (Lipinski definition) is 0. The summed E-state index contributed by atoms with van der Waals surface area (Å²) in [6, 6.07) is 0. The van der Waals surface area contributed by atoms with Crippen molar-refractivity contribution in [2.45, 2.75) is 58.6 Å². The molecule has 4 heteroatoms. The molecular formula is C12H21NO3. The van der Waals surface area contributed by atoms with Crippen molar-refractivity contribution in [3.05, 3.63) is 0 Å². The molecule has 0 N–H and O–H groups in total. The van der Waals surface area contributed by atoms with Gasteiger partial charge in [-0.3, -0.25) is 4.79 Å². The van der Waals surface area contributed by atoms with Crippen LogP contribution >= 0.6 is 0 Å². The fourth-order valence-corrected chi connectivity index (χ4v) is 1.39. The van der Waals surface area contributed by atoms with Gasteiger partial charge in [0.25, 0.3) is 0 Å². The van der Waals surface area contributed by atoms with Crippen LogP contribution in [-0.4, -0.2) is 29.6 Å². The van der Waals surface area contributed by atoms with Gasteiger partial charge >= 0.3 is 5.97 Å². The number of aliphatic imine (C=N–C) groups is 1. The Hall–Kier alpha value is -1.06. The predicted octanol–water partition coefficient (Wildman–Crippen LogP) is 2.32. The van der Waals surface area contributed by atoms with E-state index in [4.69, 9.17) is 9.47 Å². The molecule has 0 aliphatic carbocycles. The number of rotatable bonds is 3. The maximum absolute atomic E-state index is 11.4. The van der Waals surface area contributed by atoms with E-state index in [2.05, 4.69) is 4.99 Å². The van der Waals surface area contributed by atoms with E-state index in [0.717, 1.165) is 0 Å². The molecule has 0 bridgehead atoms. The summed E-state index contributed by atoms with van der Waals surface area (Å²) in [5.41, 5.74) is -0.571. The van der Waals surface area contributed by atoms with Crippen molar-refractivity contribution in [1.29, 1.82) is 0 Å². The normalized spacial score (nSPS) is 18.9. The largest absolute Gasteiger partial charge is 0.478 e. The van der Waals surface area contributed by atoms with Crippen molar-refractivity contribution in [3.63, 3.8) is 0 Å². The third-order valence-corrected chi connectivity index (χ3v) is 1.98. The van der Waals surface area contributed by atoms with Gasteiger partial charge in [-0.15, -0.1) is 0 Å². The van der Waals surface area contributed by atoms with E-state index in [9.17, 15) is 4.79 Å². The molecule has 1 heterocycles. The third kappa shape index (κ3) is 4.64. The van der Waals surface area contributed by atoms with Crippen molar-refractivity contribution >= 4 is 11.9 Å². The van der Waals surface area contributed by atoms with Gasteiger partial charge in [0, 0.05) is 6.42 Å². The number of nitrogens with zero attached hydrogens (tertiary/aromatic N) is 1. The molecule has 0 unspecified atom stereocenters. The van der Waals surface area contributed by atoms with Gasteiger partial charge in [0.15, 0.2) is 5.90 Å². The summed E-state index contributed by atoms with van der Waals surface area (Å²) in [5, 5.41) is 0. The lowest BCUT2D eigenvalue weighted by Crippen LogP contribution is -2.24. The molecule has 1 aliphatic rings. The van der Waals surface area contributed by atoms with Crippen molar-refractivity contribution in [3.8, 4) is 0 Å². The monoisotopic (exact) mass is 227 g/mol. The van der Waals surface area contributed by atoms with Crippen LogP contribution in [0, 0.1) is 0 Å². The van der Waals surface area contributed by atoms with Crippen LogP contribution in [0.5, 0.6) is 0 Å². The van der Waals surface area contributed by atoms with Gasteiger partial charge < -0.3 is 9.47 Å². The van der Waals surface area contributed by atoms with E-state index >= 15 is 0 Å². The molecule has 0 aromatic rings. The van der Waals surface area contributed by atoms with Gasteiger partial charge in [-0.25, -0.2) is 4.99 Å². The quantitative estimate of drug-likeness (QED) is 0.695. The Balaban J connectivity index is 2.34. The van der Waals surface area contributed by atoms with Crippen molar-refractivity contribution in [1.82, 2.24) is 0 Å². The molecule has 0 radical (unpaired) electrons. The fraction of sp³-hybridized carbons (Fsp3) is 0.833. The second-order valence-electron chi connectivity index (χ2n) is 5.69. The van der Waals surface area contributed by atoms with Crippen LogP contribution in [0.3, 0.4) is 0 Å². The van der Waals surface area contributed by atoms with Crippen LogP contribution in [0.25, 0.3) is 0 Å². The highest BCUT2D eigenvalue weighted by Gasteiger charge is 2.26. The van der Waals surface area contributed by atoms with Gasteiger partial charge in [0.05, 0.1) is 12.0 Å². The first-order chi connectivity index (χ1) is 7.18. The van der Waals surface area contributed by atoms with Gasteiger partial charge in [0.1, 0.15) is 12.2 Å². The molecule has 1 aliphatic heterocycles. The Labute approximate surface area is 97.0 Å². The molecule has 0 aromatic heterocycles. The van der Waals surface area contributed by atoms with Gasteiger partial charge in [-0.05, 0) is 34.6 Å². The molecule has 0 saturated carbocycles. The van der Waals surface area contributed by atoms with Crippen LogP contribution in [-0.2, 0) is 14.3 Å². The molecule has 0 atom stereocenters. The summed E-state index contributed by atoms with van der Waals surface area (Å²) in [6.07, 6.45) is 0.852. The second-order valence-corrected chi connectivity index (χ2v) is 5.69. The molecule has 1 rings (SSSR count). The smallest absolute Gasteiger partial charge is 0.306 e. The summed E-state index contributed by atoms with van der Waals surface area (Å²) < 4.78 is 10.6. The lowest BCUT2D eigenvalue weighted by atomic mass is 10.1. The highest BCUT2D eigenvalue weighted by molar-refractivity contribution is 5.82. The lowest BCUT2D eigenvalue weighted by Gasteiger charge is -2.19. The highest BCUT2D eigenvalue weighted by Crippen LogP contribution is 2.19. The van der Waals surface area contributed by atoms with Crippen LogP contribution in [0.2, 0.25) is 0 Å². The minimum absolute atomic E-state index is 0.150.